The Morgan fingerprint density at radius 1 is 1.20 bits per heavy atom. The zero-order chi connectivity index (χ0) is 14.8. The lowest BCUT2D eigenvalue weighted by Gasteiger charge is -2.08. The van der Waals surface area contributed by atoms with Crippen molar-refractivity contribution in [1.29, 1.82) is 0 Å². The minimum absolute atomic E-state index is 0.0685. The van der Waals surface area contributed by atoms with Crippen LogP contribution in [-0.2, 0) is 14.3 Å². The molecule has 0 saturated heterocycles. The molecule has 2 amide bonds. The SMILES string of the molecule is COCCNC(=O)CNCC(=O)Nc1ccccc1Br. The van der Waals surface area contributed by atoms with Crippen LogP contribution >= 0.6 is 15.9 Å². The van der Waals surface area contributed by atoms with Crippen molar-refractivity contribution in [2.45, 2.75) is 0 Å². The molecule has 3 N–H and O–H groups in total. The maximum Gasteiger partial charge on any atom is 0.238 e. The molecule has 6 nitrogen and oxygen atoms in total. The van der Waals surface area contributed by atoms with E-state index in [2.05, 4.69) is 31.9 Å². The van der Waals surface area contributed by atoms with Gasteiger partial charge in [-0.15, -0.1) is 0 Å². The fraction of sp³-hybridized carbons (Fsp3) is 0.385. The molecule has 0 spiro atoms. The first-order valence-electron chi connectivity index (χ1n) is 6.14. The van der Waals surface area contributed by atoms with Gasteiger partial charge in [-0.05, 0) is 28.1 Å². The number of rotatable bonds is 8. The standard InChI is InChI=1S/C13H18BrN3O3/c1-20-7-6-16-12(18)8-15-9-13(19)17-11-5-3-2-4-10(11)14/h2-5,15H,6-9H2,1H3,(H,16,18)(H,17,19). The second-order valence-electron chi connectivity index (χ2n) is 3.97. The van der Waals surface area contributed by atoms with E-state index in [0.29, 0.717) is 18.8 Å². The van der Waals surface area contributed by atoms with Crippen molar-refractivity contribution >= 4 is 33.4 Å². The van der Waals surface area contributed by atoms with E-state index >= 15 is 0 Å². The molecule has 0 bridgehead atoms. The van der Waals surface area contributed by atoms with Crippen LogP contribution in [0.5, 0.6) is 0 Å². The van der Waals surface area contributed by atoms with Gasteiger partial charge in [0.05, 0.1) is 25.4 Å². The maximum atomic E-state index is 11.7. The molecule has 0 aliphatic carbocycles. The monoisotopic (exact) mass is 343 g/mol. The van der Waals surface area contributed by atoms with Gasteiger partial charge in [0.1, 0.15) is 0 Å². The lowest BCUT2D eigenvalue weighted by atomic mass is 10.3. The summed E-state index contributed by atoms with van der Waals surface area (Å²) < 4.78 is 5.62. The predicted octanol–water partition coefficient (Wildman–Crippen LogP) is 0.740. The number of benzene rings is 1. The third-order valence-corrected chi connectivity index (χ3v) is 3.04. The number of carbonyl (C=O) groups excluding carboxylic acids is 2. The predicted molar refractivity (Wildman–Crippen MR) is 80.5 cm³/mol. The Kier molecular flexibility index (Phi) is 7.86. The summed E-state index contributed by atoms with van der Waals surface area (Å²) >= 11 is 3.34. The maximum absolute atomic E-state index is 11.7. The topological polar surface area (TPSA) is 79.5 Å². The highest BCUT2D eigenvalue weighted by Crippen LogP contribution is 2.20. The summed E-state index contributed by atoms with van der Waals surface area (Å²) in [5, 5.41) is 8.16. The largest absolute Gasteiger partial charge is 0.383 e. The fourth-order valence-corrected chi connectivity index (χ4v) is 1.79. The number of hydrogen-bond donors (Lipinski definition) is 3. The normalized spacial score (nSPS) is 10.1. The van der Waals surface area contributed by atoms with Gasteiger partial charge in [-0.1, -0.05) is 12.1 Å². The van der Waals surface area contributed by atoms with Crippen LogP contribution in [0, 0.1) is 0 Å². The molecule has 0 unspecified atom stereocenters. The third-order valence-electron chi connectivity index (χ3n) is 2.35. The highest BCUT2D eigenvalue weighted by molar-refractivity contribution is 9.10. The van der Waals surface area contributed by atoms with Crippen LogP contribution < -0.4 is 16.0 Å². The number of halogens is 1. The van der Waals surface area contributed by atoms with Crippen LogP contribution in [0.3, 0.4) is 0 Å². The Morgan fingerprint density at radius 3 is 2.60 bits per heavy atom. The van der Waals surface area contributed by atoms with Crippen molar-refractivity contribution in [3.05, 3.63) is 28.7 Å². The first-order valence-corrected chi connectivity index (χ1v) is 6.93. The van der Waals surface area contributed by atoms with E-state index in [1.54, 1.807) is 13.2 Å². The number of amides is 2. The molecule has 7 heteroatoms. The Bertz CT molecular complexity index is 454. The van der Waals surface area contributed by atoms with Crippen LogP contribution in [0.25, 0.3) is 0 Å². The zero-order valence-electron chi connectivity index (χ0n) is 11.2. The van der Waals surface area contributed by atoms with Gasteiger partial charge in [-0.25, -0.2) is 0 Å². The van der Waals surface area contributed by atoms with E-state index < -0.39 is 0 Å². The number of nitrogens with one attached hydrogen (secondary N) is 3. The van der Waals surface area contributed by atoms with Crippen LogP contribution in [0.2, 0.25) is 0 Å². The highest BCUT2D eigenvalue weighted by Gasteiger charge is 2.06. The molecular formula is C13H18BrN3O3. The molecule has 0 heterocycles. The molecule has 0 atom stereocenters. The molecular weight excluding hydrogens is 326 g/mol. The van der Waals surface area contributed by atoms with Gasteiger partial charge in [0.15, 0.2) is 0 Å². The molecule has 1 rings (SSSR count). The Balaban J connectivity index is 2.20. The van der Waals surface area contributed by atoms with Gasteiger partial charge >= 0.3 is 0 Å². The van der Waals surface area contributed by atoms with Gasteiger partial charge in [0.2, 0.25) is 11.8 Å². The van der Waals surface area contributed by atoms with Gasteiger partial charge in [-0.3, -0.25) is 14.9 Å². The number of para-hydroxylation sites is 1. The van der Waals surface area contributed by atoms with Crippen molar-refractivity contribution in [3.63, 3.8) is 0 Å². The first-order chi connectivity index (χ1) is 9.63. The molecule has 0 aromatic heterocycles. The molecule has 1 aromatic carbocycles. The summed E-state index contributed by atoms with van der Waals surface area (Å²) in [6, 6.07) is 7.32. The van der Waals surface area contributed by atoms with Crippen LogP contribution in [0.15, 0.2) is 28.7 Å². The second kappa shape index (κ2) is 9.46. The summed E-state index contributed by atoms with van der Waals surface area (Å²) in [4.78, 5) is 23.0. The van der Waals surface area contributed by atoms with Crippen LogP contribution in [0.1, 0.15) is 0 Å². The van der Waals surface area contributed by atoms with Gasteiger partial charge in [0.25, 0.3) is 0 Å². The average molecular weight is 344 g/mol. The van der Waals surface area contributed by atoms with E-state index in [1.165, 1.54) is 0 Å². The molecule has 0 fully saturated rings. The molecule has 20 heavy (non-hydrogen) atoms. The van der Waals surface area contributed by atoms with E-state index in [0.717, 1.165) is 4.47 Å². The number of hydrogen-bond acceptors (Lipinski definition) is 4. The quantitative estimate of drug-likeness (QED) is 0.608. The Labute approximate surface area is 126 Å². The third kappa shape index (κ3) is 6.65. The summed E-state index contributed by atoms with van der Waals surface area (Å²) in [6.07, 6.45) is 0. The van der Waals surface area contributed by atoms with E-state index in [9.17, 15) is 9.59 Å². The van der Waals surface area contributed by atoms with Crippen molar-refractivity contribution in [2.75, 3.05) is 38.7 Å². The first kappa shape index (κ1) is 16.6. The van der Waals surface area contributed by atoms with Gasteiger partial charge in [0, 0.05) is 18.1 Å². The lowest BCUT2D eigenvalue weighted by Crippen LogP contribution is -2.38. The molecule has 0 saturated carbocycles. The van der Waals surface area contributed by atoms with Crippen LogP contribution in [0.4, 0.5) is 5.69 Å². The highest BCUT2D eigenvalue weighted by atomic mass is 79.9. The van der Waals surface area contributed by atoms with Gasteiger partial charge < -0.3 is 15.4 Å². The number of methoxy groups -OCH3 is 1. The van der Waals surface area contributed by atoms with Gasteiger partial charge in [-0.2, -0.15) is 0 Å². The van der Waals surface area contributed by atoms with Crippen molar-refractivity contribution in [3.8, 4) is 0 Å². The van der Waals surface area contributed by atoms with E-state index in [4.69, 9.17) is 4.74 Å². The Hall–Kier alpha value is -1.44. The van der Waals surface area contributed by atoms with Crippen molar-refractivity contribution in [2.24, 2.45) is 0 Å². The fourth-order valence-electron chi connectivity index (χ4n) is 1.40. The molecule has 0 aliphatic rings. The minimum atomic E-state index is -0.207. The Morgan fingerprint density at radius 2 is 1.90 bits per heavy atom. The number of carbonyl (C=O) groups is 2. The van der Waals surface area contributed by atoms with E-state index in [1.807, 2.05) is 18.2 Å². The summed E-state index contributed by atoms with van der Waals surface area (Å²) in [5.74, 6) is -0.377. The minimum Gasteiger partial charge on any atom is -0.383 e. The molecule has 110 valence electrons. The molecule has 0 aliphatic heterocycles. The lowest BCUT2D eigenvalue weighted by molar-refractivity contribution is -0.120. The molecule has 1 aromatic rings. The van der Waals surface area contributed by atoms with Crippen molar-refractivity contribution < 1.29 is 14.3 Å². The molecule has 0 radical (unpaired) electrons. The average Bonchev–Trinajstić information content (AvgIpc) is 2.42. The van der Waals surface area contributed by atoms with Crippen LogP contribution in [-0.4, -0.2) is 45.2 Å². The summed E-state index contributed by atoms with van der Waals surface area (Å²) in [5.41, 5.74) is 0.698. The zero-order valence-corrected chi connectivity index (χ0v) is 12.8. The second-order valence-corrected chi connectivity index (χ2v) is 4.83. The number of anilines is 1. The number of ether oxygens (including phenoxy) is 1. The summed E-state index contributed by atoms with van der Waals surface area (Å²) in [7, 11) is 1.57. The summed E-state index contributed by atoms with van der Waals surface area (Å²) in [6.45, 7) is 1.08. The smallest absolute Gasteiger partial charge is 0.238 e. The van der Waals surface area contributed by atoms with Crippen molar-refractivity contribution in [1.82, 2.24) is 10.6 Å². The van der Waals surface area contributed by atoms with E-state index in [-0.39, 0.29) is 24.9 Å².